The van der Waals surface area contributed by atoms with Crippen molar-refractivity contribution in [3.63, 3.8) is 0 Å². The first-order chi connectivity index (χ1) is 18.6. The maximum Gasteiger partial charge on any atom is 0.317 e. The SMILES string of the molecule is COc1ccc2c(c1)C(=O)N(CC1(c3cc4nc(-c5ccc(S(N)(=O)=O)cc5)ccc4o3)NC(=O)NC1O)C2. The molecule has 2 aliphatic heterocycles. The van der Waals surface area contributed by atoms with Crippen LogP contribution in [0.15, 0.2) is 70.0 Å². The van der Waals surface area contributed by atoms with Crippen molar-refractivity contribution in [3.05, 3.63) is 77.6 Å². The number of amides is 3. The number of hydrogen-bond acceptors (Lipinski definition) is 8. The molecule has 2 aromatic heterocycles. The summed E-state index contributed by atoms with van der Waals surface area (Å²) in [6.07, 6.45) is -1.40. The molecule has 5 N–H and O–H groups in total. The van der Waals surface area contributed by atoms with Gasteiger partial charge in [-0.3, -0.25) is 4.79 Å². The third-order valence-corrected chi connectivity index (χ3v) is 7.93. The molecule has 0 aliphatic carbocycles. The molecule has 1 fully saturated rings. The minimum absolute atomic E-state index is 0.0182. The number of nitrogens with two attached hydrogens (primary N) is 1. The van der Waals surface area contributed by atoms with E-state index in [-0.39, 0.29) is 29.7 Å². The van der Waals surface area contributed by atoms with Crippen LogP contribution in [-0.2, 0) is 22.1 Å². The number of furan rings is 1. The number of ether oxygens (including phenoxy) is 1. The molecule has 0 saturated carbocycles. The number of primary sulfonamides is 1. The van der Waals surface area contributed by atoms with Crippen molar-refractivity contribution in [2.75, 3.05) is 13.7 Å². The fourth-order valence-electron chi connectivity index (χ4n) is 4.97. The zero-order chi connectivity index (χ0) is 27.5. The van der Waals surface area contributed by atoms with Crippen molar-refractivity contribution in [3.8, 4) is 17.0 Å². The minimum Gasteiger partial charge on any atom is -0.497 e. The topological polar surface area (TPSA) is 177 Å². The van der Waals surface area contributed by atoms with Gasteiger partial charge in [0.05, 0.1) is 24.2 Å². The molecule has 6 rings (SSSR count). The van der Waals surface area contributed by atoms with E-state index < -0.39 is 27.8 Å². The lowest BCUT2D eigenvalue weighted by Gasteiger charge is -2.33. The number of aliphatic hydroxyl groups is 1. The molecule has 1 saturated heterocycles. The monoisotopic (exact) mass is 549 g/mol. The van der Waals surface area contributed by atoms with Crippen molar-refractivity contribution in [2.45, 2.75) is 23.2 Å². The van der Waals surface area contributed by atoms with Crippen LogP contribution >= 0.6 is 0 Å². The van der Waals surface area contributed by atoms with Gasteiger partial charge in [0.15, 0.2) is 17.3 Å². The average Bonchev–Trinajstić information content (AvgIpc) is 3.56. The van der Waals surface area contributed by atoms with Gasteiger partial charge in [-0.2, -0.15) is 0 Å². The number of nitrogens with zero attached hydrogens (tertiary/aromatic N) is 2. The Bertz CT molecular complexity index is 1750. The Labute approximate surface area is 222 Å². The highest BCUT2D eigenvalue weighted by molar-refractivity contribution is 7.89. The van der Waals surface area contributed by atoms with E-state index in [9.17, 15) is 23.1 Å². The van der Waals surface area contributed by atoms with E-state index in [4.69, 9.17) is 14.3 Å². The Hall–Kier alpha value is -4.46. The first-order valence-electron chi connectivity index (χ1n) is 11.8. The summed E-state index contributed by atoms with van der Waals surface area (Å²) < 4.78 is 34.4. The number of sulfonamides is 1. The largest absolute Gasteiger partial charge is 0.497 e. The van der Waals surface area contributed by atoms with Gasteiger partial charge >= 0.3 is 6.03 Å². The highest BCUT2D eigenvalue weighted by Gasteiger charge is 2.52. The van der Waals surface area contributed by atoms with Crippen molar-refractivity contribution in [1.82, 2.24) is 20.5 Å². The zero-order valence-corrected chi connectivity index (χ0v) is 21.4. The summed E-state index contributed by atoms with van der Waals surface area (Å²) in [5.41, 5.74) is 1.81. The molecule has 0 radical (unpaired) electrons. The fourth-order valence-corrected chi connectivity index (χ4v) is 5.49. The van der Waals surface area contributed by atoms with Crippen LogP contribution in [0.5, 0.6) is 5.75 Å². The Balaban J connectivity index is 1.35. The van der Waals surface area contributed by atoms with Crippen LogP contribution in [0.3, 0.4) is 0 Å². The van der Waals surface area contributed by atoms with E-state index in [0.717, 1.165) is 5.56 Å². The van der Waals surface area contributed by atoms with Crippen LogP contribution in [0.2, 0.25) is 0 Å². The van der Waals surface area contributed by atoms with E-state index in [1.165, 1.54) is 24.1 Å². The number of pyridine rings is 1. The predicted molar refractivity (Wildman–Crippen MR) is 138 cm³/mol. The van der Waals surface area contributed by atoms with Crippen LogP contribution in [0.25, 0.3) is 22.4 Å². The first-order valence-corrected chi connectivity index (χ1v) is 13.4. The molecule has 0 spiro atoms. The van der Waals surface area contributed by atoms with Crippen molar-refractivity contribution < 1.29 is 32.3 Å². The van der Waals surface area contributed by atoms with Crippen molar-refractivity contribution in [1.29, 1.82) is 0 Å². The molecule has 39 heavy (non-hydrogen) atoms. The second-order valence-electron chi connectivity index (χ2n) is 9.42. The Morgan fingerprint density at radius 3 is 2.59 bits per heavy atom. The normalized spacial score (nSPS) is 20.7. The number of urea groups is 1. The Morgan fingerprint density at radius 2 is 1.92 bits per heavy atom. The van der Waals surface area contributed by atoms with Gasteiger partial charge in [0.2, 0.25) is 10.0 Å². The second kappa shape index (κ2) is 8.80. The smallest absolute Gasteiger partial charge is 0.317 e. The first kappa shape index (κ1) is 24.9. The van der Waals surface area contributed by atoms with Gasteiger partial charge in [0, 0.05) is 23.7 Å². The summed E-state index contributed by atoms with van der Waals surface area (Å²) in [4.78, 5) is 31.7. The minimum atomic E-state index is -3.83. The van der Waals surface area contributed by atoms with Gasteiger partial charge < -0.3 is 29.8 Å². The lowest BCUT2D eigenvalue weighted by molar-refractivity contribution is 0.0353. The van der Waals surface area contributed by atoms with Gasteiger partial charge in [-0.05, 0) is 42.0 Å². The predicted octanol–water partition coefficient (Wildman–Crippen LogP) is 1.63. The number of nitrogens with one attached hydrogen (secondary N) is 2. The van der Waals surface area contributed by atoms with Crippen LogP contribution in [0.4, 0.5) is 4.79 Å². The number of carbonyl (C=O) groups is 2. The van der Waals surface area contributed by atoms with Crippen LogP contribution in [0.1, 0.15) is 21.7 Å². The lowest BCUT2D eigenvalue weighted by Crippen LogP contribution is -2.54. The Morgan fingerprint density at radius 1 is 1.15 bits per heavy atom. The van der Waals surface area contributed by atoms with Crippen molar-refractivity contribution >= 4 is 33.1 Å². The molecule has 2 aliphatic rings. The van der Waals surface area contributed by atoms with Crippen LogP contribution in [0, 0.1) is 0 Å². The second-order valence-corrected chi connectivity index (χ2v) is 11.0. The summed E-state index contributed by atoms with van der Waals surface area (Å²) in [6, 6.07) is 15.6. The maximum absolute atomic E-state index is 13.2. The number of carbonyl (C=O) groups excluding carboxylic acids is 2. The van der Waals surface area contributed by atoms with E-state index in [1.807, 2.05) is 6.07 Å². The number of rotatable bonds is 6. The van der Waals surface area contributed by atoms with Crippen LogP contribution < -0.4 is 20.5 Å². The number of aromatic nitrogens is 1. The van der Waals surface area contributed by atoms with E-state index in [1.54, 1.807) is 42.5 Å². The molecule has 3 amide bonds. The van der Waals surface area contributed by atoms with Gasteiger partial charge in [-0.15, -0.1) is 0 Å². The molecular formula is C26H23N5O7S. The van der Waals surface area contributed by atoms with Gasteiger partial charge in [0.1, 0.15) is 17.0 Å². The molecule has 2 aromatic carbocycles. The van der Waals surface area contributed by atoms with Crippen LogP contribution in [-0.4, -0.2) is 55.2 Å². The summed E-state index contributed by atoms with van der Waals surface area (Å²) in [6.45, 7) is 0.198. The van der Waals surface area contributed by atoms with Gasteiger partial charge in [-0.25, -0.2) is 23.3 Å². The Kier molecular flexibility index (Phi) is 5.61. The lowest BCUT2D eigenvalue weighted by atomic mass is 9.94. The summed E-state index contributed by atoms with van der Waals surface area (Å²) in [7, 11) is -2.31. The molecule has 2 unspecified atom stereocenters. The quantitative estimate of drug-likeness (QED) is 0.280. The van der Waals surface area contributed by atoms with Gasteiger partial charge in [-0.1, -0.05) is 18.2 Å². The number of benzene rings is 2. The molecule has 2 atom stereocenters. The number of fused-ring (bicyclic) bond motifs is 2. The summed E-state index contributed by atoms with van der Waals surface area (Å²) in [5.74, 6) is 0.489. The molecule has 0 bridgehead atoms. The third kappa shape index (κ3) is 4.16. The van der Waals surface area contributed by atoms with E-state index >= 15 is 0 Å². The highest BCUT2D eigenvalue weighted by atomic mass is 32.2. The van der Waals surface area contributed by atoms with Gasteiger partial charge in [0.25, 0.3) is 5.91 Å². The van der Waals surface area contributed by atoms with Crippen molar-refractivity contribution in [2.24, 2.45) is 5.14 Å². The zero-order valence-electron chi connectivity index (χ0n) is 20.5. The number of methoxy groups -OCH3 is 1. The molecule has 200 valence electrons. The molecule has 4 heterocycles. The molecule has 4 aromatic rings. The third-order valence-electron chi connectivity index (χ3n) is 7.00. The fraction of sp³-hybridized carbons (Fsp3) is 0.192. The summed E-state index contributed by atoms with van der Waals surface area (Å²) >= 11 is 0. The van der Waals surface area contributed by atoms with E-state index in [2.05, 4.69) is 15.6 Å². The standard InChI is InChI=1S/C26H23N5O7S/c1-37-16-5-2-15-12-31(23(32)18(15)10-16)13-26(24(33)29-25(34)30-26)22-11-20-21(38-22)9-8-19(28-20)14-3-6-17(7-4-14)39(27,35)36/h2-11,24,33H,12-13H2,1H3,(H2,27,35,36)(H2,29,30,34). The number of hydrogen-bond donors (Lipinski definition) is 4. The maximum atomic E-state index is 13.2. The molecular weight excluding hydrogens is 526 g/mol. The van der Waals surface area contributed by atoms with E-state index in [0.29, 0.717) is 33.7 Å². The average molecular weight is 550 g/mol. The number of aliphatic hydroxyl groups excluding tert-OH is 1. The molecule has 13 heteroatoms. The molecule has 12 nitrogen and oxygen atoms in total. The highest BCUT2D eigenvalue weighted by Crippen LogP contribution is 2.36. The summed E-state index contributed by atoms with van der Waals surface area (Å²) in [5, 5.41) is 21.3.